The van der Waals surface area contributed by atoms with Crippen LogP contribution in [0, 0.1) is 11.7 Å². The van der Waals surface area contributed by atoms with Gasteiger partial charge in [0.25, 0.3) is 0 Å². The van der Waals surface area contributed by atoms with Gasteiger partial charge in [0.05, 0.1) is 31.6 Å². The van der Waals surface area contributed by atoms with E-state index < -0.39 is 23.7 Å². The lowest BCUT2D eigenvalue weighted by Crippen LogP contribution is -2.40. The van der Waals surface area contributed by atoms with E-state index >= 15 is 4.39 Å². The molecule has 0 bridgehead atoms. The van der Waals surface area contributed by atoms with E-state index in [1.165, 1.54) is 22.4 Å². The lowest BCUT2D eigenvalue weighted by atomic mass is 9.98. The minimum atomic E-state index is -1.14. The quantitative estimate of drug-likeness (QED) is 0.158. The molecule has 1 atom stereocenters. The average molecular weight is 633 g/mol. The summed E-state index contributed by atoms with van der Waals surface area (Å²) < 4.78 is 44.7. The molecule has 2 aliphatic heterocycles. The third-order valence-corrected chi connectivity index (χ3v) is 8.05. The predicted octanol–water partition coefficient (Wildman–Crippen LogP) is 6.81. The van der Waals surface area contributed by atoms with Crippen LogP contribution in [0.1, 0.15) is 54.8 Å². The van der Waals surface area contributed by atoms with Crippen LogP contribution in [0.25, 0.3) is 5.70 Å². The molecule has 2 N–H and O–H groups in total. The third-order valence-electron chi connectivity index (χ3n) is 8.05. The van der Waals surface area contributed by atoms with Gasteiger partial charge >= 0.3 is 5.97 Å². The van der Waals surface area contributed by atoms with Gasteiger partial charge in [-0.05, 0) is 61.2 Å². The number of allylic oxidation sites excluding steroid dienone is 3. The number of ether oxygens (including phenoxy) is 2. The van der Waals surface area contributed by atoms with E-state index in [0.29, 0.717) is 36.2 Å². The van der Waals surface area contributed by atoms with Crippen LogP contribution in [0.15, 0.2) is 84.3 Å². The first kappa shape index (κ1) is 32.8. The van der Waals surface area contributed by atoms with E-state index in [-0.39, 0.29) is 42.4 Å². The van der Waals surface area contributed by atoms with Crippen molar-refractivity contribution in [1.82, 2.24) is 14.8 Å². The molecule has 244 valence electrons. The van der Waals surface area contributed by atoms with Gasteiger partial charge in [0.1, 0.15) is 29.0 Å². The number of rotatable bonds is 13. The van der Waals surface area contributed by atoms with Crippen molar-refractivity contribution in [2.75, 3.05) is 44.9 Å². The maximum Gasteiger partial charge on any atom is 0.358 e. The molecule has 1 unspecified atom stereocenters. The first-order valence-electron chi connectivity index (χ1n) is 15.7. The van der Waals surface area contributed by atoms with Crippen molar-refractivity contribution in [2.45, 2.75) is 39.7 Å². The molecule has 5 rings (SSSR count). The highest BCUT2D eigenvalue weighted by Crippen LogP contribution is 2.46. The van der Waals surface area contributed by atoms with E-state index in [2.05, 4.69) is 36.2 Å². The van der Waals surface area contributed by atoms with E-state index in [1.54, 1.807) is 54.3 Å². The number of esters is 1. The number of nitrogens with one attached hydrogen (secondary N) is 1. The highest BCUT2D eigenvalue weighted by atomic mass is 19.1. The molecule has 0 spiro atoms. The lowest BCUT2D eigenvalue weighted by molar-refractivity contribution is 0.0508. The van der Waals surface area contributed by atoms with Crippen molar-refractivity contribution in [3.8, 4) is 11.5 Å². The number of halogens is 2. The molecular weight excluding hydrogens is 590 g/mol. The number of carbonyl (C=O) groups excluding carboxylic acids is 1. The van der Waals surface area contributed by atoms with E-state index in [1.807, 2.05) is 13.1 Å². The standard InChI is InChI=1S/C36H42F2N4O4/c1-5-45-36(44)35-31(43)21-32-41(23-39-18-17-27-11-8-9-19-40(27)4)34(25-13-15-28(16-14-25)46-22-24(2)3)33(38)30(42(32)35)20-26-10-6-7-12-29(26)37/h6-16,21,24,30,39,43H,5,17-20,22-23H2,1-4H3. The van der Waals surface area contributed by atoms with E-state index in [4.69, 9.17) is 9.47 Å². The average Bonchev–Trinajstić information content (AvgIpc) is 3.38. The van der Waals surface area contributed by atoms with Gasteiger partial charge in [-0.3, -0.25) is 5.32 Å². The van der Waals surface area contributed by atoms with E-state index in [9.17, 15) is 14.3 Å². The lowest BCUT2D eigenvalue weighted by Gasteiger charge is -2.37. The smallest absolute Gasteiger partial charge is 0.358 e. The summed E-state index contributed by atoms with van der Waals surface area (Å²) in [6, 6.07) is 13.6. The summed E-state index contributed by atoms with van der Waals surface area (Å²) in [5.74, 6) is -0.818. The SMILES string of the molecule is CCOC(=O)c1c(O)cc2n1C(Cc1ccccc1F)C(F)=C(c1ccc(OCC(C)C)cc1)N2CNCCC1=CC=CCN1C. The molecule has 46 heavy (non-hydrogen) atoms. The van der Waals surface area contributed by atoms with Gasteiger partial charge in [-0.1, -0.05) is 44.2 Å². The Balaban J connectivity index is 1.57. The Morgan fingerprint density at radius 2 is 1.89 bits per heavy atom. The Kier molecular flexibility index (Phi) is 10.5. The zero-order chi connectivity index (χ0) is 32.8. The van der Waals surface area contributed by atoms with Crippen LogP contribution in [-0.2, 0) is 11.2 Å². The maximum absolute atomic E-state index is 17.2. The number of anilines is 1. The molecule has 0 saturated heterocycles. The number of aromatic hydroxyl groups is 1. The number of benzene rings is 2. The van der Waals surface area contributed by atoms with Gasteiger partial charge in [0.15, 0.2) is 5.69 Å². The highest BCUT2D eigenvalue weighted by molar-refractivity contribution is 5.94. The van der Waals surface area contributed by atoms with Crippen LogP contribution in [0.5, 0.6) is 11.5 Å². The number of hydrogen-bond donors (Lipinski definition) is 2. The number of fused-ring (bicyclic) bond motifs is 1. The van der Waals surface area contributed by atoms with Gasteiger partial charge in [0.2, 0.25) is 0 Å². The second-order valence-electron chi connectivity index (χ2n) is 11.9. The van der Waals surface area contributed by atoms with Crippen molar-refractivity contribution in [3.05, 3.63) is 107 Å². The maximum atomic E-state index is 17.2. The highest BCUT2D eigenvalue weighted by Gasteiger charge is 2.39. The fraction of sp³-hybridized carbons (Fsp3) is 0.361. The Morgan fingerprint density at radius 1 is 1.13 bits per heavy atom. The Morgan fingerprint density at radius 3 is 2.59 bits per heavy atom. The van der Waals surface area contributed by atoms with Crippen molar-refractivity contribution < 1.29 is 28.2 Å². The minimum absolute atomic E-state index is 0.0658. The van der Waals surface area contributed by atoms with Crippen LogP contribution in [0.2, 0.25) is 0 Å². The molecule has 8 nitrogen and oxygen atoms in total. The molecule has 3 aromatic rings. The first-order valence-corrected chi connectivity index (χ1v) is 15.7. The molecule has 1 aromatic heterocycles. The molecule has 0 saturated carbocycles. The van der Waals surface area contributed by atoms with Crippen LogP contribution in [0.3, 0.4) is 0 Å². The van der Waals surface area contributed by atoms with Crippen LogP contribution < -0.4 is 15.0 Å². The molecule has 3 heterocycles. The second-order valence-corrected chi connectivity index (χ2v) is 11.9. The van der Waals surface area contributed by atoms with Crippen LogP contribution >= 0.6 is 0 Å². The first-order chi connectivity index (χ1) is 22.2. The summed E-state index contributed by atoms with van der Waals surface area (Å²) in [7, 11) is 2.03. The zero-order valence-electron chi connectivity index (χ0n) is 26.8. The third kappa shape index (κ3) is 7.12. The number of nitrogens with zero attached hydrogens (tertiary/aromatic N) is 3. The van der Waals surface area contributed by atoms with Crippen LogP contribution in [-0.4, -0.2) is 60.6 Å². The largest absolute Gasteiger partial charge is 0.505 e. The fourth-order valence-electron chi connectivity index (χ4n) is 5.74. The summed E-state index contributed by atoms with van der Waals surface area (Å²) in [6.45, 7) is 7.98. The van der Waals surface area contributed by atoms with Gasteiger partial charge in [-0.2, -0.15) is 0 Å². The van der Waals surface area contributed by atoms with Gasteiger partial charge in [-0.25, -0.2) is 13.6 Å². The van der Waals surface area contributed by atoms with Gasteiger partial charge in [0, 0.05) is 43.9 Å². The molecule has 2 aliphatic rings. The summed E-state index contributed by atoms with van der Waals surface area (Å²) >= 11 is 0. The Labute approximate surface area is 269 Å². The summed E-state index contributed by atoms with van der Waals surface area (Å²) in [6.07, 6.45) is 6.84. The van der Waals surface area contributed by atoms with Crippen LogP contribution in [0.4, 0.5) is 14.6 Å². The van der Waals surface area contributed by atoms with Crippen molar-refractivity contribution in [2.24, 2.45) is 5.92 Å². The van der Waals surface area contributed by atoms with Crippen molar-refractivity contribution >= 4 is 17.5 Å². The number of carbonyl (C=O) groups is 1. The van der Waals surface area contributed by atoms with Gasteiger partial charge < -0.3 is 28.9 Å². The number of aromatic nitrogens is 1. The van der Waals surface area contributed by atoms with Gasteiger partial charge in [-0.15, -0.1) is 0 Å². The number of hydrogen-bond acceptors (Lipinski definition) is 7. The minimum Gasteiger partial charge on any atom is -0.505 e. The summed E-state index contributed by atoms with van der Waals surface area (Å²) in [5, 5.41) is 14.5. The number of likely N-dealkylation sites (N-methyl/N-ethyl adjacent to an activating group) is 1. The Hall–Kier alpha value is -4.57. The molecule has 0 aliphatic carbocycles. The van der Waals surface area contributed by atoms with Crippen molar-refractivity contribution in [1.29, 1.82) is 0 Å². The molecule has 2 aromatic carbocycles. The second kappa shape index (κ2) is 14.7. The molecular formula is C36H42F2N4O4. The fourth-order valence-corrected chi connectivity index (χ4v) is 5.74. The summed E-state index contributed by atoms with van der Waals surface area (Å²) in [4.78, 5) is 17.0. The topological polar surface area (TPSA) is 79.2 Å². The molecule has 0 fully saturated rings. The Bertz CT molecular complexity index is 1630. The molecule has 0 amide bonds. The normalized spacial score (nSPS) is 16.2. The zero-order valence-corrected chi connectivity index (χ0v) is 26.8. The summed E-state index contributed by atoms with van der Waals surface area (Å²) in [5.41, 5.74) is 2.08. The predicted molar refractivity (Wildman–Crippen MR) is 176 cm³/mol. The molecule has 0 radical (unpaired) electrons. The monoisotopic (exact) mass is 632 g/mol. The van der Waals surface area contributed by atoms with E-state index in [0.717, 1.165) is 13.0 Å². The van der Waals surface area contributed by atoms with Crippen molar-refractivity contribution in [3.63, 3.8) is 0 Å². The molecule has 10 heteroatoms.